The zero-order valence-corrected chi connectivity index (χ0v) is 15.5. The first kappa shape index (κ1) is 17.9. The average Bonchev–Trinajstić information content (AvgIpc) is 3.37. The summed E-state index contributed by atoms with van der Waals surface area (Å²) in [5.74, 6) is 1.34. The van der Waals surface area contributed by atoms with E-state index in [9.17, 15) is 9.59 Å². The maximum absolute atomic E-state index is 12.3. The van der Waals surface area contributed by atoms with E-state index in [1.54, 1.807) is 21.8 Å². The highest BCUT2D eigenvalue weighted by Crippen LogP contribution is 2.29. The van der Waals surface area contributed by atoms with Gasteiger partial charge in [0.2, 0.25) is 5.91 Å². The van der Waals surface area contributed by atoms with Gasteiger partial charge in [-0.1, -0.05) is 12.8 Å². The molecular weight excluding hydrogens is 344 g/mol. The molecular formula is C19H26N6O2. The fourth-order valence-corrected chi connectivity index (χ4v) is 4.35. The first-order chi connectivity index (χ1) is 13.2. The Morgan fingerprint density at radius 2 is 1.89 bits per heavy atom. The molecule has 4 rings (SSSR count). The number of rotatable bonds is 5. The molecule has 2 aliphatic rings. The first-order valence-corrected chi connectivity index (χ1v) is 9.93. The molecule has 0 radical (unpaired) electrons. The summed E-state index contributed by atoms with van der Waals surface area (Å²) in [6, 6.07) is 3.45. The zero-order chi connectivity index (χ0) is 18.6. The largest absolute Gasteiger partial charge is 0.353 e. The Morgan fingerprint density at radius 3 is 2.59 bits per heavy atom. The molecule has 1 N–H and O–H groups in total. The minimum Gasteiger partial charge on any atom is -0.353 e. The zero-order valence-electron chi connectivity index (χ0n) is 15.5. The fourth-order valence-electron chi connectivity index (χ4n) is 4.35. The number of hydrogen-bond donors (Lipinski definition) is 1. The summed E-state index contributed by atoms with van der Waals surface area (Å²) in [6.07, 6.45) is 12.0. The normalized spacial score (nSPS) is 23.4. The van der Waals surface area contributed by atoms with Crippen LogP contribution in [0.3, 0.4) is 0 Å². The van der Waals surface area contributed by atoms with Crippen LogP contribution in [0.15, 0.2) is 29.6 Å². The van der Waals surface area contributed by atoms with E-state index in [1.165, 1.54) is 38.1 Å². The molecule has 2 heterocycles. The second kappa shape index (κ2) is 8.02. The van der Waals surface area contributed by atoms with E-state index in [-0.39, 0.29) is 23.6 Å². The van der Waals surface area contributed by atoms with Crippen molar-refractivity contribution in [3.8, 4) is 5.82 Å². The van der Waals surface area contributed by atoms with Crippen LogP contribution in [-0.2, 0) is 4.79 Å². The van der Waals surface area contributed by atoms with E-state index in [1.807, 2.05) is 0 Å². The summed E-state index contributed by atoms with van der Waals surface area (Å²) >= 11 is 0. The predicted octanol–water partition coefficient (Wildman–Crippen LogP) is 2.00. The van der Waals surface area contributed by atoms with Crippen LogP contribution in [-0.4, -0.2) is 36.5 Å². The molecule has 0 aliphatic heterocycles. The van der Waals surface area contributed by atoms with Gasteiger partial charge in [0.25, 0.3) is 5.56 Å². The molecule has 8 nitrogen and oxygen atoms in total. The second-order valence-electron chi connectivity index (χ2n) is 7.74. The lowest BCUT2D eigenvalue weighted by atomic mass is 9.91. The van der Waals surface area contributed by atoms with Gasteiger partial charge in [0, 0.05) is 18.5 Å². The molecule has 0 atom stereocenters. The third-order valence-corrected chi connectivity index (χ3v) is 5.82. The van der Waals surface area contributed by atoms with Crippen LogP contribution in [0.5, 0.6) is 0 Å². The van der Waals surface area contributed by atoms with Gasteiger partial charge in [-0.25, -0.2) is 14.3 Å². The molecule has 2 aliphatic carbocycles. The number of carbonyl (C=O) groups excluding carboxylic acids is 1. The molecule has 0 unspecified atom stereocenters. The van der Waals surface area contributed by atoms with Crippen molar-refractivity contribution >= 4 is 5.91 Å². The van der Waals surface area contributed by atoms with Crippen molar-refractivity contribution in [3.63, 3.8) is 0 Å². The van der Waals surface area contributed by atoms with Crippen molar-refractivity contribution in [1.82, 2.24) is 29.9 Å². The van der Waals surface area contributed by atoms with Crippen LogP contribution in [0, 0.1) is 5.92 Å². The molecule has 1 amide bonds. The molecule has 0 aromatic carbocycles. The average molecular weight is 370 g/mol. The quantitative estimate of drug-likeness (QED) is 0.869. The second-order valence-corrected chi connectivity index (χ2v) is 7.74. The van der Waals surface area contributed by atoms with E-state index in [4.69, 9.17) is 0 Å². The fraction of sp³-hybridized carbons (Fsp3) is 0.632. The molecule has 8 heteroatoms. The van der Waals surface area contributed by atoms with Crippen molar-refractivity contribution in [3.05, 3.63) is 35.1 Å². The lowest BCUT2D eigenvalue weighted by Gasteiger charge is -2.30. The molecule has 0 spiro atoms. The summed E-state index contributed by atoms with van der Waals surface area (Å²) in [5, 5.41) is 11.7. The van der Waals surface area contributed by atoms with Gasteiger partial charge in [0.15, 0.2) is 5.82 Å². The van der Waals surface area contributed by atoms with Crippen molar-refractivity contribution < 1.29 is 4.79 Å². The maximum atomic E-state index is 12.3. The van der Waals surface area contributed by atoms with E-state index in [0.717, 1.165) is 25.7 Å². The summed E-state index contributed by atoms with van der Waals surface area (Å²) in [5.41, 5.74) is -0.104. The summed E-state index contributed by atoms with van der Waals surface area (Å²) < 4.78 is 3.11. The van der Waals surface area contributed by atoms with Gasteiger partial charge in [-0.2, -0.15) is 5.10 Å². The smallest absolute Gasteiger partial charge is 0.267 e. The molecule has 2 fully saturated rings. The Balaban J connectivity index is 1.34. The van der Waals surface area contributed by atoms with Crippen LogP contribution >= 0.6 is 0 Å². The van der Waals surface area contributed by atoms with Crippen molar-refractivity contribution in [1.29, 1.82) is 0 Å². The highest BCUT2D eigenvalue weighted by Gasteiger charge is 2.26. The third kappa shape index (κ3) is 4.26. The van der Waals surface area contributed by atoms with Crippen molar-refractivity contribution in [2.45, 2.75) is 69.9 Å². The van der Waals surface area contributed by atoms with Crippen molar-refractivity contribution in [2.24, 2.45) is 5.92 Å². The number of hydrogen-bond acceptors (Lipinski definition) is 5. The van der Waals surface area contributed by atoms with Crippen LogP contribution in [0.2, 0.25) is 0 Å². The van der Waals surface area contributed by atoms with Gasteiger partial charge in [0.1, 0.15) is 12.7 Å². The number of aromatic nitrogens is 5. The van der Waals surface area contributed by atoms with Gasteiger partial charge in [-0.05, 0) is 50.5 Å². The van der Waals surface area contributed by atoms with E-state index in [2.05, 4.69) is 20.5 Å². The van der Waals surface area contributed by atoms with Gasteiger partial charge < -0.3 is 5.32 Å². The van der Waals surface area contributed by atoms with Crippen LogP contribution in [0.1, 0.15) is 63.8 Å². The lowest BCUT2D eigenvalue weighted by molar-refractivity contribution is -0.122. The van der Waals surface area contributed by atoms with Crippen LogP contribution < -0.4 is 10.9 Å². The summed E-state index contributed by atoms with van der Waals surface area (Å²) in [6.45, 7) is 0. The minimum absolute atomic E-state index is 0.0592. The molecule has 0 saturated heterocycles. The van der Waals surface area contributed by atoms with E-state index in [0.29, 0.717) is 18.2 Å². The van der Waals surface area contributed by atoms with Gasteiger partial charge in [-0.15, -0.1) is 5.10 Å². The molecule has 2 aromatic heterocycles. The Morgan fingerprint density at radius 1 is 1.11 bits per heavy atom. The standard InChI is InChI=1S/C19H26N6O2/c26-18(11-14-3-1-2-4-14)22-15-5-7-16(8-6-15)25-19(27)10-9-17(23-25)24-13-20-12-21-24/h9-10,12-16H,1-8,11H2,(H,22,26). The maximum Gasteiger partial charge on any atom is 0.267 e. The Kier molecular flexibility index (Phi) is 5.31. The van der Waals surface area contributed by atoms with Gasteiger partial charge in [0.05, 0.1) is 6.04 Å². The summed E-state index contributed by atoms with van der Waals surface area (Å²) in [4.78, 5) is 28.5. The summed E-state index contributed by atoms with van der Waals surface area (Å²) in [7, 11) is 0. The molecule has 2 aromatic rings. The van der Waals surface area contributed by atoms with Crippen molar-refractivity contribution in [2.75, 3.05) is 0 Å². The van der Waals surface area contributed by atoms with Gasteiger partial charge in [-0.3, -0.25) is 9.59 Å². The molecule has 0 bridgehead atoms. The number of nitrogens with one attached hydrogen (secondary N) is 1. The molecule has 144 valence electrons. The Hall–Kier alpha value is -2.51. The SMILES string of the molecule is O=C(CC1CCCC1)NC1CCC(n2nc(-n3cncn3)ccc2=O)CC1. The Labute approximate surface area is 158 Å². The van der Waals surface area contributed by atoms with Crippen LogP contribution in [0.25, 0.3) is 5.82 Å². The van der Waals surface area contributed by atoms with Crippen LogP contribution in [0.4, 0.5) is 0 Å². The number of nitrogens with zero attached hydrogens (tertiary/aromatic N) is 5. The molecule has 2 saturated carbocycles. The molecule has 27 heavy (non-hydrogen) atoms. The van der Waals surface area contributed by atoms with E-state index >= 15 is 0 Å². The predicted molar refractivity (Wildman–Crippen MR) is 99.4 cm³/mol. The minimum atomic E-state index is -0.104. The highest BCUT2D eigenvalue weighted by atomic mass is 16.1. The lowest BCUT2D eigenvalue weighted by Crippen LogP contribution is -2.40. The number of amides is 1. The topological polar surface area (TPSA) is 94.7 Å². The first-order valence-electron chi connectivity index (χ1n) is 9.93. The monoisotopic (exact) mass is 370 g/mol. The highest BCUT2D eigenvalue weighted by molar-refractivity contribution is 5.76. The van der Waals surface area contributed by atoms with Gasteiger partial charge >= 0.3 is 0 Å². The van der Waals surface area contributed by atoms with E-state index < -0.39 is 0 Å². The Bertz CT molecular complexity index is 817. The third-order valence-electron chi connectivity index (χ3n) is 5.82. The number of carbonyl (C=O) groups is 1.